The summed E-state index contributed by atoms with van der Waals surface area (Å²) in [5.74, 6) is -0.541. The summed E-state index contributed by atoms with van der Waals surface area (Å²) in [5.41, 5.74) is 0.834. The molecule has 0 saturated carbocycles. The third kappa shape index (κ3) is 2.13. The monoisotopic (exact) mass is 274 g/mol. The van der Waals surface area contributed by atoms with Crippen LogP contribution in [0.3, 0.4) is 0 Å². The first-order valence-corrected chi connectivity index (χ1v) is 6.01. The first-order chi connectivity index (χ1) is 9.15. The number of hydrogen-bond donors (Lipinski definition) is 0. The van der Waals surface area contributed by atoms with Gasteiger partial charge in [-0.25, -0.2) is 4.39 Å². The van der Waals surface area contributed by atoms with E-state index in [2.05, 4.69) is 0 Å². The predicted molar refractivity (Wildman–Crippen MR) is 71.1 cm³/mol. The molecule has 2 nitrogen and oxygen atoms in total. The average molecular weight is 275 g/mol. The molecule has 3 rings (SSSR count). The largest absolute Gasteiger partial charge is 0.453 e. The molecule has 0 fully saturated rings. The van der Waals surface area contributed by atoms with E-state index in [4.69, 9.17) is 16.0 Å². The minimum Gasteiger partial charge on any atom is -0.453 e. The maximum absolute atomic E-state index is 13.1. The summed E-state index contributed by atoms with van der Waals surface area (Å²) in [7, 11) is 0. The van der Waals surface area contributed by atoms with Crippen molar-refractivity contribution in [3.63, 3.8) is 0 Å². The molecule has 0 bridgehead atoms. The summed E-state index contributed by atoms with van der Waals surface area (Å²) in [6, 6.07) is 12.3. The number of halogens is 2. The molecule has 1 heterocycles. The normalized spacial score (nSPS) is 10.8. The number of benzene rings is 2. The number of fused-ring (bicyclic) bond motifs is 1. The van der Waals surface area contributed by atoms with Crippen LogP contribution in [0.25, 0.3) is 11.0 Å². The van der Waals surface area contributed by atoms with E-state index in [1.807, 2.05) is 0 Å². The van der Waals surface area contributed by atoms with Gasteiger partial charge in [0, 0.05) is 10.9 Å². The van der Waals surface area contributed by atoms with Gasteiger partial charge in [-0.05, 0) is 36.4 Å². The Morgan fingerprint density at radius 3 is 2.68 bits per heavy atom. The third-order valence-electron chi connectivity index (χ3n) is 2.82. The zero-order valence-electron chi connectivity index (χ0n) is 9.69. The maximum Gasteiger partial charge on any atom is 0.229 e. The molecule has 0 saturated heterocycles. The minimum absolute atomic E-state index is 0.147. The van der Waals surface area contributed by atoms with E-state index in [-0.39, 0.29) is 17.4 Å². The van der Waals surface area contributed by atoms with Crippen molar-refractivity contribution in [2.45, 2.75) is 0 Å². The molecule has 0 aliphatic carbocycles. The lowest BCUT2D eigenvalue weighted by atomic mass is 10.1. The molecule has 0 aliphatic heterocycles. The molecule has 94 valence electrons. The lowest BCUT2D eigenvalue weighted by Gasteiger charge is -1.99. The number of hydrogen-bond acceptors (Lipinski definition) is 2. The van der Waals surface area contributed by atoms with Crippen LogP contribution in [0.1, 0.15) is 16.1 Å². The van der Waals surface area contributed by atoms with Gasteiger partial charge in [0.2, 0.25) is 5.78 Å². The highest BCUT2D eigenvalue weighted by molar-refractivity contribution is 6.34. The van der Waals surface area contributed by atoms with Crippen molar-refractivity contribution in [2.75, 3.05) is 0 Å². The summed E-state index contributed by atoms with van der Waals surface area (Å²) < 4.78 is 18.5. The summed E-state index contributed by atoms with van der Waals surface area (Å²) >= 11 is 5.97. The van der Waals surface area contributed by atoms with Crippen LogP contribution in [0.5, 0.6) is 0 Å². The molecule has 0 aliphatic rings. The predicted octanol–water partition coefficient (Wildman–Crippen LogP) is 4.46. The van der Waals surface area contributed by atoms with Gasteiger partial charge in [0.05, 0.1) is 5.02 Å². The highest BCUT2D eigenvalue weighted by Gasteiger charge is 2.17. The number of carbonyl (C=O) groups excluding carboxylic acids is 1. The van der Waals surface area contributed by atoms with Gasteiger partial charge in [0.25, 0.3) is 0 Å². The van der Waals surface area contributed by atoms with Gasteiger partial charge in [-0.3, -0.25) is 4.79 Å². The average Bonchev–Trinajstić information content (AvgIpc) is 2.81. The Bertz CT molecular complexity index is 777. The molecule has 0 atom stereocenters. The Morgan fingerprint density at radius 1 is 1.11 bits per heavy atom. The van der Waals surface area contributed by atoms with Crippen LogP contribution >= 0.6 is 11.6 Å². The second-order valence-corrected chi connectivity index (χ2v) is 4.51. The van der Waals surface area contributed by atoms with Gasteiger partial charge in [-0.2, -0.15) is 0 Å². The van der Waals surface area contributed by atoms with Crippen molar-refractivity contribution < 1.29 is 13.6 Å². The van der Waals surface area contributed by atoms with Crippen LogP contribution in [0, 0.1) is 5.82 Å². The van der Waals surface area contributed by atoms with Crippen molar-refractivity contribution in [1.82, 2.24) is 0 Å². The summed E-state index contributed by atoms with van der Waals surface area (Å²) in [6.07, 6.45) is 0. The lowest BCUT2D eigenvalue weighted by Crippen LogP contribution is -1.99. The number of ketones is 1. The molecule has 0 spiro atoms. The molecule has 0 N–H and O–H groups in total. The lowest BCUT2D eigenvalue weighted by molar-refractivity contribution is 0.101. The van der Waals surface area contributed by atoms with Crippen molar-refractivity contribution in [3.8, 4) is 0 Å². The Labute approximate surface area is 113 Å². The SMILES string of the molecule is O=C(c1cc2cc(F)ccc2o1)c1ccccc1Cl. The van der Waals surface area contributed by atoms with Crippen molar-refractivity contribution >= 4 is 28.4 Å². The standard InChI is InChI=1S/C15H8ClFO2/c16-12-4-2-1-3-11(12)15(18)14-8-9-7-10(17)5-6-13(9)19-14/h1-8H. The van der Waals surface area contributed by atoms with Gasteiger partial charge in [-0.15, -0.1) is 0 Å². The van der Waals surface area contributed by atoms with Crippen LogP contribution in [0.4, 0.5) is 4.39 Å². The van der Waals surface area contributed by atoms with Gasteiger partial charge in [0.1, 0.15) is 11.4 Å². The molecule has 0 unspecified atom stereocenters. The smallest absolute Gasteiger partial charge is 0.229 e. The Hall–Kier alpha value is -2.13. The van der Waals surface area contributed by atoms with Crippen LogP contribution in [-0.2, 0) is 0 Å². The fourth-order valence-corrected chi connectivity index (χ4v) is 2.13. The van der Waals surface area contributed by atoms with Gasteiger partial charge in [0.15, 0.2) is 5.76 Å². The number of carbonyl (C=O) groups is 1. The Balaban J connectivity index is 2.09. The zero-order chi connectivity index (χ0) is 13.4. The van der Waals surface area contributed by atoms with Crippen molar-refractivity contribution in [1.29, 1.82) is 0 Å². The van der Waals surface area contributed by atoms with Crippen LogP contribution in [-0.4, -0.2) is 5.78 Å². The van der Waals surface area contributed by atoms with Crippen LogP contribution in [0.15, 0.2) is 52.9 Å². The van der Waals surface area contributed by atoms with E-state index >= 15 is 0 Å². The van der Waals surface area contributed by atoms with E-state index in [1.165, 1.54) is 24.3 Å². The Kier molecular flexibility index (Phi) is 2.84. The molecular weight excluding hydrogens is 267 g/mol. The first-order valence-electron chi connectivity index (χ1n) is 5.63. The molecule has 1 aromatic heterocycles. The molecule has 19 heavy (non-hydrogen) atoms. The van der Waals surface area contributed by atoms with Crippen molar-refractivity contribution in [2.24, 2.45) is 0 Å². The highest BCUT2D eigenvalue weighted by Crippen LogP contribution is 2.24. The van der Waals surface area contributed by atoms with E-state index in [0.29, 0.717) is 21.6 Å². The molecule has 3 aromatic rings. The third-order valence-corrected chi connectivity index (χ3v) is 3.15. The quantitative estimate of drug-likeness (QED) is 0.646. The van der Waals surface area contributed by atoms with E-state index in [1.54, 1.807) is 24.3 Å². The number of rotatable bonds is 2. The van der Waals surface area contributed by atoms with E-state index in [9.17, 15) is 9.18 Å². The second-order valence-electron chi connectivity index (χ2n) is 4.10. The second kappa shape index (κ2) is 4.52. The van der Waals surface area contributed by atoms with E-state index in [0.717, 1.165) is 0 Å². The van der Waals surface area contributed by atoms with Crippen LogP contribution < -0.4 is 0 Å². The summed E-state index contributed by atoms with van der Waals surface area (Å²) in [6.45, 7) is 0. The molecule has 0 radical (unpaired) electrons. The molecule has 2 aromatic carbocycles. The summed E-state index contributed by atoms with van der Waals surface area (Å²) in [4.78, 5) is 12.2. The van der Waals surface area contributed by atoms with Crippen LogP contribution in [0.2, 0.25) is 5.02 Å². The van der Waals surface area contributed by atoms with Crippen molar-refractivity contribution in [3.05, 3.63) is 70.7 Å². The molecule has 0 amide bonds. The molecular formula is C15H8ClFO2. The van der Waals surface area contributed by atoms with Gasteiger partial charge in [-0.1, -0.05) is 23.7 Å². The van der Waals surface area contributed by atoms with Gasteiger partial charge >= 0.3 is 0 Å². The fraction of sp³-hybridized carbons (Fsp3) is 0. The number of furan rings is 1. The van der Waals surface area contributed by atoms with E-state index < -0.39 is 0 Å². The topological polar surface area (TPSA) is 30.2 Å². The minimum atomic E-state index is -0.370. The first kappa shape index (κ1) is 11.9. The molecule has 4 heteroatoms. The fourth-order valence-electron chi connectivity index (χ4n) is 1.90. The zero-order valence-corrected chi connectivity index (χ0v) is 10.4. The van der Waals surface area contributed by atoms with Gasteiger partial charge < -0.3 is 4.42 Å². The maximum atomic E-state index is 13.1. The Morgan fingerprint density at radius 2 is 1.89 bits per heavy atom. The highest BCUT2D eigenvalue weighted by atomic mass is 35.5. The summed E-state index contributed by atoms with van der Waals surface area (Å²) in [5, 5.41) is 0.912.